The summed E-state index contributed by atoms with van der Waals surface area (Å²) in [6.45, 7) is -0.0234. The zero-order chi connectivity index (χ0) is 20.2. The molecule has 0 aliphatic carbocycles. The summed E-state index contributed by atoms with van der Waals surface area (Å²) in [5.41, 5.74) is 0.324. The Labute approximate surface area is 157 Å². The van der Waals surface area contributed by atoms with E-state index in [2.05, 4.69) is 5.32 Å². The molecule has 0 aromatic heterocycles. The number of ether oxygens (including phenoxy) is 1. The number of amides is 1. The smallest absolute Gasteiger partial charge is 0.309 e. The van der Waals surface area contributed by atoms with Crippen LogP contribution in [-0.2, 0) is 34.4 Å². The minimum absolute atomic E-state index is 0.0904. The first-order valence-corrected chi connectivity index (χ1v) is 11.4. The topological polar surface area (TPSA) is 153 Å². The summed E-state index contributed by atoms with van der Waals surface area (Å²) in [7, 11) is -7.09. The normalized spacial score (nSPS) is 16.7. The first-order valence-electron chi connectivity index (χ1n) is 8.01. The molecular weight excluding hydrogens is 398 g/mol. The fraction of sp³-hybridized carbons (Fsp3) is 0.467. The molecule has 1 heterocycles. The van der Waals surface area contributed by atoms with Crippen molar-refractivity contribution >= 4 is 37.6 Å². The Hall–Kier alpha value is -2.02. The Morgan fingerprint density at radius 3 is 2.19 bits per heavy atom. The molecule has 1 aliphatic heterocycles. The number of sulfonamides is 2. The van der Waals surface area contributed by atoms with Gasteiger partial charge in [0.2, 0.25) is 20.0 Å². The number of primary sulfonamides is 1. The molecular formula is C15H21N3O7S2. The molecule has 1 saturated heterocycles. The van der Waals surface area contributed by atoms with E-state index in [0.29, 0.717) is 18.5 Å². The van der Waals surface area contributed by atoms with Gasteiger partial charge in [-0.3, -0.25) is 9.59 Å². The van der Waals surface area contributed by atoms with E-state index in [1.54, 1.807) is 0 Å². The van der Waals surface area contributed by atoms with Gasteiger partial charge in [-0.1, -0.05) is 0 Å². The average molecular weight is 419 g/mol. The molecule has 1 aliphatic rings. The summed E-state index contributed by atoms with van der Waals surface area (Å²) in [6, 6.07) is 5.21. The number of piperidine rings is 1. The molecule has 0 atom stereocenters. The summed E-state index contributed by atoms with van der Waals surface area (Å²) in [5.74, 6) is -1.59. The maximum Gasteiger partial charge on any atom is 0.309 e. The van der Waals surface area contributed by atoms with E-state index < -0.39 is 44.4 Å². The molecule has 0 saturated carbocycles. The molecule has 0 unspecified atom stereocenters. The maximum atomic E-state index is 12.0. The highest BCUT2D eigenvalue weighted by Gasteiger charge is 2.30. The van der Waals surface area contributed by atoms with E-state index in [-0.39, 0.29) is 18.0 Å². The van der Waals surface area contributed by atoms with E-state index in [1.807, 2.05) is 0 Å². The van der Waals surface area contributed by atoms with Crippen LogP contribution in [0.3, 0.4) is 0 Å². The predicted octanol–water partition coefficient (Wildman–Crippen LogP) is -0.513. The Kier molecular flexibility index (Phi) is 6.57. The van der Waals surface area contributed by atoms with E-state index >= 15 is 0 Å². The number of carbonyl (C=O) groups excluding carboxylic acids is 2. The van der Waals surface area contributed by atoms with Crippen LogP contribution in [0.15, 0.2) is 29.2 Å². The molecule has 1 aromatic carbocycles. The van der Waals surface area contributed by atoms with E-state index in [0.717, 1.165) is 6.26 Å². The van der Waals surface area contributed by atoms with Crippen molar-refractivity contribution in [1.29, 1.82) is 0 Å². The number of carbonyl (C=O) groups is 2. The van der Waals surface area contributed by atoms with Gasteiger partial charge >= 0.3 is 5.97 Å². The van der Waals surface area contributed by atoms with Crippen molar-refractivity contribution in [2.45, 2.75) is 17.7 Å². The zero-order valence-electron chi connectivity index (χ0n) is 14.6. The van der Waals surface area contributed by atoms with Gasteiger partial charge in [0.25, 0.3) is 5.91 Å². The van der Waals surface area contributed by atoms with Crippen molar-refractivity contribution in [2.24, 2.45) is 11.1 Å². The molecule has 1 amide bonds. The molecule has 0 radical (unpaired) electrons. The largest absolute Gasteiger partial charge is 0.455 e. The lowest BCUT2D eigenvalue weighted by molar-refractivity contribution is -0.152. The highest BCUT2D eigenvalue weighted by atomic mass is 32.2. The fourth-order valence-corrected chi connectivity index (χ4v) is 3.99. The molecule has 150 valence electrons. The molecule has 1 aromatic rings. The molecule has 27 heavy (non-hydrogen) atoms. The molecule has 10 nitrogen and oxygen atoms in total. The van der Waals surface area contributed by atoms with Gasteiger partial charge in [0.1, 0.15) is 0 Å². The second-order valence-corrected chi connectivity index (χ2v) is 9.71. The van der Waals surface area contributed by atoms with Crippen molar-refractivity contribution in [3.8, 4) is 0 Å². The number of rotatable bonds is 6. The van der Waals surface area contributed by atoms with Gasteiger partial charge in [-0.05, 0) is 37.1 Å². The number of hydrogen-bond donors (Lipinski definition) is 2. The summed E-state index contributed by atoms with van der Waals surface area (Å²) in [5, 5.41) is 7.45. The van der Waals surface area contributed by atoms with E-state index in [4.69, 9.17) is 9.88 Å². The molecule has 3 N–H and O–H groups in total. The van der Waals surface area contributed by atoms with Crippen molar-refractivity contribution < 1.29 is 31.2 Å². The number of benzene rings is 1. The van der Waals surface area contributed by atoms with Crippen molar-refractivity contribution in [3.63, 3.8) is 0 Å². The van der Waals surface area contributed by atoms with Crippen molar-refractivity contribution in [3.05, 3.63) is 24.3 Å². The number of hydrogen-bond acceptors (Lipinski definition) is 7. The summed E-state index contributed by atoms with van der Waals surface area (Å²) in [4.78, 5) is 23.8. The summed E-state index contributed by atoms with van der Waals surface area (Å²) >= 11 is 0. The van der Waals surface area contributed by atoms with Crippen LogP contribution in [0.25, 0.3) is 0 Å². The maximum absolute atomic E-state index is 12.0. The molecule has 1 fully saturated rings. The fourth-order valence-electron chi connectivity index (χ4n) is 2.60. The molecule has 0 spiro atoms. The quantitative estimate of drug-likeness (QED) is 0.589. The van der Waals surface area contributed by atoms with Crippen LogP contribution in [0.1, 0.15) is 12.8 Å². The lowest BCUT2D eigenvalue weighted by Gasteiger charge is -2.28. The van der Waals surface area contributed by atoms with Gasteiger partial charge < -0.3 is 10.1 Å². The van der Waals surface area contributed by atoms with Gasteiger partial charge in [0.15, 0.2) is 6.61 Å². The molecule has 12 heteroatoms. The van der Waals surface area contributed by atoms with Crippen LogP contribution in [0.5, 0.6) is 0 Å². The van der Waals surface area contributed by atoms with Gasteiger partial charge in [0.05, 0.1) is 17.1 Å². The van der Waals surface area contributed by atoms with Crippen LogP contribution in [0.2, 0.25) is 0 Å². The standard InChI is InChI=1S/C15H21N3O7S2/c1-26(21,22)18-8-6-11(7-9-18)15(20)25-10-14(19)17-12-2-4-13(5-3-12)27(16,23)24/h2-5,11H,6-10H2,1H3,(H,17,19)(H2,16,23,24). The third-order valence-corrected chi connectivity index (χ3v) is 6.30. The average Bonchev–Trinajstić information content (AvgIpc) is 2.58. The monoisotopic (exact) mass is 419 g/mol. The minimum Gasteiger partial charge on any atom is -0.455 e. The third-order valence-electron chi connectivity index (χ3n) is 4.07. The number of nitrogens with zero attached hydrogens (tertiary/aromatic N) is 1. The van der Waals surface area contributed by atoms with Crippen molar-refractivity contribution in [1.82, 2.24) is 4.31 Å². The van der Waals surface area contributed by atoms with E-state index in [9.17, 15) is 26.4 Å². The van der Waals surface area contributed by atoms with Gasteiger partial charge in [-0.15, -0.1) is 0 Å². The minimum atomic E-state index is -3.82. The highest BCUT2D eigenvalue weighted by molar-refractivity contribution is 7.89. The Morgan fingerprint density at radius 2 is 1.70 bits per heavy atom. The number of anilines is 1. The number of nitrogens with one attached hydrogen (secondary N) is 1. The third kappa shape index (κ3) is 6.27. The second-order valence-electron chi connectivity index (χ2n) is 6.16. The zero-order valence-corrected chi connectivity index (χ0v) is 16.3. The van der Waals surface area contributed by atoms with Crippen LogP contribution in [0, 0.1) is 5.92 Å². The van der Waals surface area contributed by atoms with Gasteiger partial charge in [-0.25, -0.2) is 26.3 Å². The summed E-state index contributed by atoms with van der Waals surface area (Å²) < 4.78 is 51.5. The first-order chi connectivity index (χ1) is 12.5. The predicted molar refractivity (Wildman–Crippen MR) is 96.5 cm³/mol. The van der Waals surface area contributed by atoms with Crippen LogP contribution in [0.4, 0.5) is 5.69 Å². The number of nitrogens with two attached hydrogens (primary N) is 1. The van der Waals surface area contributed by atoms with Gasteiger partial charge in [0, 0.05) is 18.8 Å². The van der Waals surface area contributed by atoms with Crippen LogP contribution in [-0.4, -0.2) is 59.0 Å². The Morgan fingerprint density at radius 1 is 1.15 bits per heavy atom. The Bertz CT molecular complexity index is 903. The molecule has 0 bridgehead atoms. The van der Waals surface area contributed by atoms with Gasteiger partial charge in [-0.2, -0.15) is 0 Å². The first kappa shape index (κ1) is 21.3. The number of esters is 1. The van der Waals surface area contributed by atoms with Crippen LogP contribution < -0.4 is 10.5 Å². The lowest BCUT2D eigenvalue weighted by atomic mass is 9.98. The van der Waals surface area contributed by atoms with E-state index in [1.165, 1.54) is 28.6 Å². The summed E-state index contributed by atoms with van der Waals surface area (Å²) in [6.07, 6.45) is 1.79. The van der Waals surface area contributed by atoms with Crippen molar-refractivity contribution in [2.75, 3.05) is 31.3 Å². The highest BCUT2D eigenvalue weighted by Crippen LogP contribution is 2.20. The lowest BCUT2D eigenvalue weighted by Crippen LogP contribution is -2.40. The molecule has 2 rings (SSSR count). The Balaban J connectivity index is 1.79. The second kappa shape index (κ2) is 8.33. The SMILES string of the molecule is CS(=O)(=O)N1CCC(C(=O)OCC(=O)Nc2ccc(S(N)(=O)=O)cc2)CC1. The van der Waals surface area contributed by atoms with Crippen LogP contribution >= 0.6 is 0 Å².